The smallest absolute Gasteiger partial charge is 0.335 e. The summed E-state index contributed by atoms with van der Waals surface area (Å²) in [6, 6.07) is 19.8. The van der Waals surface area contributed by atoms with Crippen LogP contribution in [-0.2, 0) is 24.3 Å². The van der Waals surface area contributed by atoms with E-state index < -0.39 is 17.6 Å². The Hall–Kier alpha value is -5.18. The minimum atomic E-state index is -1.01. The number of carbonyl (C=O) groups is 1. The highest BCUT2D eigenvalue weighted by Crippen LogP contribution is 2.30. The normalized spacial score (nSPS) is 16.5. The van der Waals surface area contributed by atoms with Crippen molar-refractivity contribution in [3.8, 4) is 17.1 Å². The molecule has 5 aromatic rings. The Morgan fingerprint density at radius 2 is 1.85 bits per heavy atom. The Kier molecular flexibility index (Phi) is 7.90. The van der Waals surface area contributed by atoms with Gasteiger partial charge in [0.1, 0.15) is 24.1 Å². The molecule has 232 valence electrons. The van der Waals surface area contributed by atoms with Gasteiger partial charge in [0.15, 0.2) is 5.69 Å². The van der Waals surface area contributed by atoms with Crippen molar-refractivity contribution in [2.45, 2.75) is 38.1 Å². The number of carboxylic acid groups (broad SMARTS) is 1. The van der Waals surface area contributed by atoms with E-state index in [1.165, 1.54) is 24.3 Å². The number of benzene rings is 3. The first-order valence-electron chi connectivity index (χ1n) is 15.0. The Balaban J connectivity index is 1.12. The highest BCUT2D eigenvalue weighted by molar-refractivity contribution is 5.92. The van der Waals surface area contributed by atoms with Crippen LogP contribution in [0.15, 0.2) is 72.8 Å². The zero-order chi connectivity index (χ0) is 31.8. The topological polar surface area (TPSA) is 94.1 Å². The van der Waals surface area contributed by atoms with Gasteiger partial charge >= 0.3 is 5.97 Å². The molecule has 0 saturated carbocycles. The molecule has 0 bridgehead atoms. The number of halogens is 2. The maximum Gasteiger partial charge on any atom is 0.335 e. The minimum absolute atomic E-state index is 0.0735. The average Bonchev–Trinajstić information content (AvgIpc) is 3.37. The number of fused-ring (bicyclic) bond motifs is 1. The highest BCUT2D eigenvalue weighted by Gasteiger charge is 2.38. The molecule has 2 saturated heterocycles. The molecule has 3 aromatic carbocycles. The van der Waals surface area contributed by atoms with Gasteiger partial charge in [-0.25, -0.2) is 28.4 Å². The maximum atomic E-state index is 15.7. The molecule has 2 aromatic heterocycles. The molecule has 9 nitrogen and oxygen atoms in total. The molecule has 1 atom stereocenters. The molecule has 2 aliphatic heterocycles. The molecule has 0 spiro atoms. The van der Waals surface area contributed by atoms with Crippen molar-refractivity contribution < 1.29 is 28.2 Å². The summed E-state index contributed by atoms with van der Waals surface area (Å²) >= 11 is 0. The number of carboxylic acids is 1. The van der Waals surface area contributed by atoms with E-state index >= 15 is 4.39 Å². The summed E-state index contributed by atoms with van der Waals surface area (Å²) in [4.78, 5) is 26.7. The van der Waals surface area contributed by atoms with E-state index in [4.69, 9.17) is 21.0 Å². The maximum absolute atomic E-state index is 15.7. The first kappa shape index (κ1) is 29.5. The fraction of sp³-hybridized carbons (Fsp3) is 0.257. The first-order chi connectivity index (χ1) is 22.4. The second kappa shape index (κ2) is 12.3. The average molecular weight is 622 g/mol. The fourth-order valence-corrected chi connectivity index (χ4v) is 5.96. The van der Waals surface area contributed by atoms with Crippen LogP contribution >= 0.6 is 0 Å². The number of hydrogen-bond acceptors (Lipinski definition) is 6. The SMILES string of the molecule is [C-]#[N+]c1ccc(COc2cccc(-c3ccc(Cc4nc5ccc(C(=O)O)cc5n4C[C@@H]4CCN4C4COC4)c(F)c3)n2)c(F)c1. The number of rotatable bonds is 10. The van der Waals surface area contributed by atoms with E-state index in [1.807, 2.05) is 4.57 Å². The summed E-state index contributed by atoms with van der Waals surface area (Å²) in [6.45, 7) is 9.99. The molecular weight excluding hydrogens is 592 g/mol. The predicted octanol–water partition coefficient (Wildman–Crippen LogP) is 6.27. The van der Waals surface area contributed by atoms with E-state index in [0.717, 1.165) is 32.2 Å². The summed E-state index contributed by atoms with van der Waals surface area (Å²) in [5, 5.41) is 9.62. The Morgan fingerprint density at radius 1 is 1.02 bits per heavy atom. The third-order valence-corrected chi connectivity index (χ3v) is 8.71. The van der Waals surface area contributed by atoms with Gasteiger partial charge in [0.25, 0.3) is 0 Å². The summed E-state index contributed by atoms with van der Waals surface area (Å²) in [7, 11) is 0. The van der Waals surface area contributed by atoms with Crippen molar-refractivity contribution in [3.05, 3.63) is 118 Å². The van der Waals surface area contributed by atoms with Gasteiger partial charge in [-0.2, -0.15) is 0 Å². The molecule has 2 aliphatic rings. The van der Waals surface area contributed by atoms with Crippen LogP contribution in [0.4, 0.5) is 14.5 Å². The van der Waals surface area contributed by atoms with Gasteiger partial charge in [-0.1, -0.05) is 30.3 Å². The van der Waals surface area contributed by atoms with Crippen LogP contribution in [-0.4, -0.2) is 62.4 Å². The summed E-state index contributed by atoms with van der Waals surface area (Å²) in [6.07, 6.45) is 1.23. The molecule has 1 N–H and O–H groups in total. The predicted molar refractivity (Wildman–Crippen MR) is 166 cm³/mol. The number of imidazole rings is 1. The molecular formula is C35H29F2N5O4. The zero-order valence-electron chi connectivity index (χ0n) is 24.7. The lowest BCUT2D eigenvalue weighted by molar-refractivity contribution is -0.111. The molecule has 2 fully saturated rings. The number of likely N-dealkylation sites (tertiary alicyclic amines) is 1. The minimum Gasteiger partial charge on any atom is -0.478 e. The van der Waals surface area contributed by atoms with Crippen LogP contribution in [0, 0.1) is 18.2 Å². The lowest BCUT2D eigenvalue weighted by Crippen LogP contribution is -2.61. The Labute approximate surface area is 263 Å². The standard InChI is InChI=1S/C35H29F2N5O4/c1-38-25-9-7-24(29(37)16-25)18-46-34-4-2-3-30(40-34)22-6-5-21(28(36)13-22)15-33-39-31-10-8-23(35(43)44)14-32(31)42(33)17-26-11-12-41(26)27-19-45-20-27/h2-10,13-14,16,26-27H,11-12,15,17-20H2,(H,43,44)/t26-/m0/s1. The molecule has 7 rings (SSSR count). The zero-order valence-corrected chi connectivity index (χ0v) is 24.7. The van der Waals surface area contributed by atoms with Gasteiger partial charge in [0.2, 0.25) is 5.88 Å². The van der Waals surface area contributed by atoms with Crippen molar-refractivity contribution in [2.75, 3.05) is 19.8 Å². The largest absolute Gasteiger partial charge is 0.478 e. The lowest BCUT2D eigenvalue weighted by atomic mass is 9.98. The lowest BCUT2D eigenvalue weighted by Gasteiger charge is -2.49. The summed E-state index contributed by atoms with van der Waals surface area (Å²) in [5.74, 6) is -1.06. The van der Waals surface area contributed by atoms with Crippen LogP contribution in [0.2, 0.25) is 0 Å². The monoisotopic (exact) mass is 621 g/mol. The number of ether oxygens (including phenoxy) is 2. The number of hydrogen-bond donors (Lipinski definition) is 1. The Morgan fingerprint density at radius 3 is 2.54 bits per heavy atom. The van der Waals surface area contributed by atoms with E-state index in [0.29, 0.717) is 51.8 Å². The quantitative estimate of drug-likeness (QED) is 0.184. The van der Waals surface area contributed by atoms with E-state index in [2.05, 4.69) is 14.7 Å². The van der Waals surface area contributed by atoms with Crippen molar-refractivity contribution in [2.24, 2.45) is 0 Å². The Bertz CT molecular complexity index is 2000. The highest BCUT2D eigenvalue weighted by atomic mass is 19.1. The van der Waals surface area contributed by atoms with Crippen molar-refractivity contribution in [1.82, 2.24) is 19.4 Å². The number of aromatic carboxylic acids is 1. The molecule has 4 heterocycles. The molecule has 46 heavy (non-hydrogen) atoms. The van der Waals surface area contributed by atoms with Crippen molar-refractivity contribution in [1.29, 1.82) is 0 Å². The van der Waals surface area contributed by atoms with E-state index in [1.54, 1.807) is 42.5 Å². The third-order valence-electron chi connectivity index (χ3n) is 8.71. The molecule has 0 radical (unpaired) electrons. The second-order valence-corrected chi connectivity index (χ2v) is 11.5. The number of nitrogens with zero attached hydrogens (tertiary/aromatic N) is 5. The van der Waals surface area contributed by atoms with Crippen molar-refractivity contribution >= 4 is 22.7 Å². The van der Waals surface area contributed by atoms with Gasteiger partial charge in [-0.05, 0) is 48.4 Å². The van der Waals surface area contributed by atoms with Crippen LogP contribution in [0.5, 0.6) is 5.88 Å². The summed E-state index contributed by atoms with van der Waals surface area (Å²) < 4.78 is 43.1. The van der Waals surface area contributed by atoms with Gasteiger partial charge in [-0.15, -0.1) is 0 Å². The van der Waals surface area contributed by atoms with Gasteiger partial charge in [0, 0.05) is 42.7 Å². The van der Waals surface area contributed by atoms with Gasteiger partial charge in [-0.3, -0.25) is 4.90 Å². The molecule has 0 amide bonds. The molecule has 11 heteroatoms. The van der Waals surface area contributed by atoms with Crippen LogP contribution in [0.25, 0.3) is 27.1 Å². The molecule has 0 aliphatic carbocycles. The fourth-order valence-electron chi connectivity index (χ4n) is 5.96. The second-order valence-electron chi connectivity index (χ2n) is 11.5. The van der Waals surface area contributed by atoms with Gasteiger partial charge in [0.05, 0.1) is 48.1 Å². The summed E-state index contributed by atoms with van der Waals surface area (Å²) in [5.41, 5.74) is 3.54. The number of pyridine rings is 1. The van der Waals surface area contributed by atoms with Crippen LogP contribution < -0.4 is 4.74 Å². The van der Waals surface area contributed by atoms with Crippen molar-refractivity contribution in [3.63, 3.8) is 0 Å². The van der Waals surface area contributed by atoms with Crippen LogP contribution in [0.3, 0.4) is 0 Å². The van der Waals surface area contributed by atoms with E-state index in [-0.39, 0.29) is 36.2 Å². The van der Waals surface area contributed by atoms with Gasteiger partial charge < -0.3 is 19.1 Å². The van der Waals surface area contributed by atoms with E-state index in [9.17, 15) is 14.3 Å². The third kappa shape index (κ3) is 5.80. The van der Waals surface area contributed by atoms with Crippen LogP contribution in [0.1, 0.15) is 33.7 Å². The number of aromatic nitrogens is 3. The molecule has 0 unspecified atom stereocenters. The first-order valence-corrected chi connectivity index (χ1v) is 15.0.